The highest BCUT2D eigenvalue weighted by Crippen LogP contribution is 2.38. The molecule has 1 aliphatic carbocycles. The van der Waals surface area contributed by atoms with E-state index in [0.29, 0.717) is 17.5 Å². The van der Waals surface area contributed by atoms with E-state index in [1.54, 1.807) is 0 Å². The Morgan fingerprint density at radius 3 is 2.53 bits per heavy atom. The number of hydrogen-bond donors (Lipinski definition) is 1. The van der Waals surface area contributed by atoms with Crippen molar-refractivity contribution < 1.29 is 4.79 Å². The first-order valence-electron chi connectivity index (χ1n) is 6.11. The Labute approximate surface area is 100 Å². The molecule has 1 saturated carbocycles. The van der Waals surface area contributed by atoms with Gasteiger partial charge in [-0.15, -0.1) is 0 Å². The van der Waals surface area contributed by atoms with Crippen molar-refractivity contribution in [3.63, 3.8) is 0 Å². The number of hydrogen-bond acceptors (Lipinski definition) is 4. The van der Waals surface area contributed by atoms with E-state index in [9.17, 15) is 4.79 Å². The van der Waals surface area contributed by atoms with E-state index in [4.69, 9.17) is 5.73 Å². The third kappa shape index (κ3) is 1.75. The van der Waals surface area contributed by atoms with Crippen molar-refractivity contribution in [1.29, 1.82) is 0 Å². The summed E-state index contributed by atoms with van der Waals surface area (Å²) in [5, 5.41) is 0. The van der Waals surface area contributed by atoms with Gasteiger partial charge in [-0.05, 0) is 24.7 Å². The number of aromatic nitrogens is 2. The van der Waals surface area contributed by atoms with E-state index in [0.717, 1.165) is 13.1 Å². The van der Waals surface area contributed by atoms with Gasteiger partial charge in [0.1, 0.15) is 0 Å². The van der Waals surface area contributed by atoms with Crippen LogP contribution in [-0.2, 0) is 0 Å². The Balaban J connectivity index is 1.78. The van der Waals surface area contributed by atoms with Crippen LogP contribution in [0.25, 0.3) is 0 Å². The van der Waals surface area contributed by atoms with Gasteiger partial charge in [-0.3, -0.25) is 4.79 Å². The number of likely N-dealkylation sites (tertiary alicyclic amines) is 1. The molecule has 2 fully saturated rings. The van der Waals surface area contributed by atoms with Crippen LogP contribution < -0.4 is 5.73 Å². The quantitative estimate of drug-likeness (QED) is 0.781. The standard InChI is InChI=1S/C12H16N4O/c13-11-10(14-4-5-15-11)12(17)16-6-8-2-1-3-9(8)7-16/h4-5,8-9H,1-3,6-7H2,(H2,13,15). The monoisotopic (exact) mass is 232 g/mol. The Kier molecular flexibility index (Phi) is 2.46. The third-order valence-electron chi connectivity index (χ3n) is 3.94. The lowest BCUT2D eigenvalue weighted by Gasteiger charge is -2.17. The third-order valence-corrected chi connectivity index (χ3v) is 3.94. The second kappa shape index (κ2) is 3.98. The highest BCUT2D eigenvalue weighted by atomic mass is 16.2. The predicted molar refractivity (Wildman–Crippen MR) is 63.2 cm³/mol. The minimum Gasteiger partial charge on any atom is -0.382 e. The molecule has 1 aromatic rings. The van der Waals surface area contributed by atoms with Gasteiger partial charge in [-0.25, -0.2) is 9.97 Å². The molecular weight excluding hydrogens is 216 g/mol. The second-order valence-electron chi connectivity index (χ2n) is 4.95. The first-order valence-corrected chi connectivity index (χ1v) is 6.11. The van der Waals surface area contributed by atoms with E-state index in [2.05, 4.69) is 9.97 Å². The van der Waals surface area contributed by atoms with Gasteiger partial charge in [-0.2, -0.15) is 0 Å². The van der Waals surface area contributed by atoms with Gasteiger partial charge >= 0.3 is 0 Å². The molecule has 0 bridgehead atoms. The number of anilines is 1. The summed E-state index contributed by atoms with van der Waals surface area (Å²) in [5.74, 6) is 1.55. The van der Waals surface area contributed by atoms with E-state index >= 15 is 0 Å². The number of nitrogen functional groups attached to an aromatic ring is 1. The fourth-order valence-electron chi connectivity index (χ4n) is 3.06. The second-order valence-corrected chi connectivity index (χ2v) is 4.95. The molecule has 5 nitrogen and oxygen atoms in total. The van der Waals surface area contributed by atoms with Gasteiger partial charge in [0.05, 0.1) is 0 Å². The van der Waals surface area contributed by atoms with Crippen LogP contribution in [0, 0.1) is 11.8 Å². The Morgan fingerprint density at radius 2 is 1.88 bits per heavy atom. The van der Waals surface area contributed by atoms with Crippen LogP contribution in [0.1, 0.15) is 29.8 Å². The van der Waals surface area contributed by atoms with Gasteiger partial charge in [0, 0.05) is 25.5 Å². The molecule has 1 saturated heterocycles. The summed E-state index contributed by atoms with van der Waals surface area (Å²) in [6.45, 7) is 1.72. The number of fused-ring (bicyclic) bond motifs is 1. The number of carbonyl (C=O) groups excluding carboxylic acids is 1. The van der Waals surface area contributed by atoms with Crippen molar-refractivity contribution in [2.45, 2.75) is 19.3 Å². The molecule has 2 unspecified atom stereocenters. The Bertz CT molecular complexity index is 436. The van der Waals surface area contributed by atoms with Gasteiger partial charge < -0.3 is 10.6 Å². The summed E-state index contributed by atoms with van der Waals surface area (Å²) in [6.07, 6.45) is 6.84. The van der Waals surface area contributed by atoms with Crippen LogP contribution in [0.3, 0.4) is 0 Å². The molecule has 3 rings (SSSR count). The lowest BCUT2D eigenvalue weighted by Crippen LogP contribution is -2.31. The SMILES string of the molecule is Nc1nccnc1C(=O)N1CC2CCCC2C1. The van der Waals surface area contributed by atoms with Gasteiger partial charge in [0.2, 0.25) is 0 Å². The minimum atomic E-state index is -0.0648. The van der Waals surface area contributed by atoms with Crippen molar-refractivity contribution in [3.8, 4) is 0 Å². The first-order chi connectivity index (χ1) is 8.25. The van der Waals surface area contributed by atoms with E-state index in [1.807, 2.05) is 4.90 Å². The first kappa shape index (κ1) is 10.5. The maximum Gasteiger partial charge on any atom is 0.276 e. The fraction of sp³-hybridized carbons (Fsp3) is 0.583. The molecule has 0 spiro atoms. The molecule has 1 aromatic heterocycles. The van der Waals surface area contributed by atoms with E-state index in [1.165, 1.54) is 31.7 Å². The van der Waals surface area contributed by atoms with Crippen molar-refractivity contribution in [2.24, 2.45) is 11.8 Å². The molecular formula is C12H16N4O. The number of amides is 1. The van der Waals surface area contributed by atoms with Crippen LogP contribution >= 0.6 is 0 Å². The predicted octanol–water partition coefficient (Wildman–Crippen LogP) is 0.931. The van der Waals surface area contributed by atoms with E-state index < -0.39 is 0 Å². The fourth-order valence-corrected chi connectivity index (χ4v) is 3.06. The normalized spacial score (nSPS) is 27.2. The summed E-state index contributed by atoms with van der Waals surface area (Å²) in [4.78, 5) is 22.1. The highest BCUT2D eigenvalue weighted by Gasteiger charge is 2.38. The molecule has 17 heavy (non-hydrogen) atoms. The van der Waals surface area contributed by atoms with E-state index in [-0.39, 0.29) is 11.7 Å². The van der Waals surface area contributed by atoms with Crippen LogP contribution in [0.4, 0.5) is 5.82 Å². The molecule has 2 aliphatic rings. The largest absolute Gasteiger partial charge is 0.382 e. The van der Waals surface area contributed by atoms with Gasteiger partial charge in [-0.1, -0.05) is 6.42 Å². The van der Waals surface area contributed by atoms with Gasteiger partial charge in [0.15, 0.2) is 11.5 Å². The summed E-state index contributed by atoms with van der Waals surface area (Å²) in [5.41, 5.74) is 5.98. The summed E-state index contributed by atoms with van der Waals surface area (Å²) in [7, 11) is 0. The summed E-state index contributed by atoms with van der Waals surface area (Å²) in [6, 6.07) is 0. The topological polar surface area (TPSA) is 72.1 Å². The zero-order chi connectivity index (χ0) is 11.8. The molecule has 2 heterocycles. The van der Waals surface area contributed by atoms with Gasteiger partial charge in [0.25, 0.3) is 5.91 Å². The molecule has 1 aliphatic heterocycles. The molecule has 2 atom stereocenters. The highest BCUT2D eigenvalue weighted by molar-refractivity contribution is 5.96. The van der Waals surface area contributed by atoms with Crippen LogP contribution in [0.5, 0.6) is 0 Å². The average Bonchev–Trinajstić information content (AvgIpc) is 2.88. The van der Waals surface area contributed by atoms with Crippen LogP contribution in [0.15, 0.2) is 12.4 Å². The molecule has 1 amide bonds. The molecule has 5 heteroatoms. The summed E-state index contributed by atoms with van der Waals surface area (Å²) < 4.78 is 0. The average molecular weight is 232 g/mol. The zero-order valence-electron chi connectivity index (χ0n) is 9.67. The zero-order valence-corrected chi connectivity index (χ0v) is 9.67. The minimum absolute atomic E-state index is 0.0648. The number of carbonyl (C=O) groups is 1. The van der Waals surface area contributed by atoms with Crippen molar-refractivity contribution in [1.82, 2.24) is 14.9 Å². The maximum atomic E-state index is 12.2. The van der Waals surface area contributed by atoms with Crippen molar-refractivity contribution in [2.75, 3.05) is 18.8 Å². The molecule has 0 aromatic carbocycles. The molecule has 2 N–H and O–H groups in total. The lowest BCUT2D eigenvalue weighted by atomic mass is 10.0. The smallest absolute Gasteiger partial charge is 0.276 e. The Morgan fingerprint density at radius 1 is 1.24 bits per heavy atom. The van der Waals surface area contributed by atoms with Crippen molar-refractivity contribution >= 4 is 11.7 Å². The number of rotatable bonds is 1. The number of nitrogens with zero attached hydrogens (tertiary/aromatic N) is 3. The number of nitrogens with two attached hydrogens (primary N) is 1. The van der Waals surface area contributed by atoms with Crippen LogP contribution in [-0.4, -0.2) is 33.9 Å². The molecule has 0 radical (unpaired) electrons. The molecule has 90 valence electrons. The lowest BCUT2D eigenvalue weighted by molar-refractivity contribution is 0.0775. The van der Waals surface area contributed by atoms with Crippen LogP contribution in [0.2, 0.25) is 0 Å². The Hall–Kier alpha value is -1.65. The summed E-state index contributed by atoms with van der Waals surface area (Å²) >= 11 is 0. The maximum absolute atomic E-state index is 12.2. The van der Waals surface area contributed by atoms with Crippen molar-refractivity contribution in [3.05, 3.63) is 18.1 Å².